The average molecular weight is 316 g/mol. The molecule has 6 heteroatoms. The number of carbonyl (C=O) groups excluding carboxylic acids is 1. The van der Waals surface area contributed by atoms with E-state index in [1.807, 2.05) is 0 Å². The lowest BCUT2D eigenvalue weighted by Crippen LogP contribution is -2.50. The largest absolute Gasteiger partial charge is 0.328 e. The molecule has 1 heterocycles. The molecule has 2 amide bonds. The van der Waals surface area contributed by atoms with Gasteiger partial charge in [-0.1, -0.05) is 30.1 Å². The Morgan fingerprint density at radius 3 is 2.65 bits per heavy atom. The Bertz CT molecular complexity index is 475. The van der Waals surface area contributed by atoms with Crippen LogP contribution in [0, 0.1) is 5.92 Å². The minimum atomic E-state index is -0.148. The maximum absolute atomic E-state index is 12.3. The van der Waals surface area contributed by atoms with Gasteiger partial charge in [0.05, 0.1) is 0 Å². The van der Waals surface area contributed by atoms with Gasteiger partial charge in [0, 0.05) is 34.9 Å². The molecular weight excluding hydrogens is 297 g/mol. The van der Waals surface area contributed by atoms with Gasteiger partial charge in [-0.05, 0) is 37.0 Å². The van der Waals surface area contributed by atoms with E-state index < -0.39 is 0 Å². The van der Waals surface area contributed by atoms with Crippen molar-refractivity contribution in [1.29, 1.82) is 0 Å². The Kier molecular flexibility index (Phi) is 5.13. The first-order chi connectivity index (χ1) is 9.49. The maximum atomic E-state index is 12.3. The van der Waals surface area contributed by atoms with Crippen molar-refractivity contribution < 1.29 is 4.79 Å². The minimum absolute atomic E-state index is 0.0911. The molecule has 0 radical (unpaired) electrons. The summed E-state index contributed by atoms with van der Waals surface area (Å²) in [7, 11) is 0. The van der Waals surface area contributed by atoms with E-state index in [2.05, 4.69) is 12.2 Å². The molecule has 1 aromatic rings. The molecular formula is C14H19Cl2N3O. The van der Waals surface area contributed by atoms with E-state index in [1.165, 1.54) is 0 Å². The number of anilines is 1. The molecule has 1 aliphatic heterocycles. The third-order valence-corrected chi connectivity index (χ3v) is 4.06. The Balaban J connectivity index is 2.07. The van der Waals surface area contributed by atoms with Crippen molar-refractivity contribution in [3.05, 3.63) is 28.2 Å². The predicted molar refractivity (Wildman–Crippen MR) is 83.4 cm³/mol. The second-order valence-corrected chi connectivity index (χ2v) is 6.17. The van der Waals surface area contributed by atoms with Gasteiger partial charge in [-0.15, -0.1) is 0 Å². The van der Waals surface area contributed by atoms with Gasteiger partial charge in [0.1, 0.15) is 0 Å². The number of carbonyl (C=O) groups is 1. The second kappa shape index (κ2) is 6.66. The van der Waals surface area contributed by atoms with Crippen LogP contribution in [0.25, 0.3) is 0 Å². The van der Waals surface area contributed by atoms with Crippen LogP contribution >= 0.6 is 23.2 Å². The van der Waals surface area contributed by atoms with Crippen LogP contribution in [0.1, 0.15) is 19.8 Å². The van der Waals surface area contributed by atoms with Gasteiger partial charge < -0.3 is 16.0 Å². The lowest BCUT2D eigenvalue weighted by atomic mass is 9.93. The monoisotopic (exact) mass is 315 g/mol. The Morgan fingerprint density at radius 1 is 1.40 bits per heavy atom. The molecule has 4 nitrogen and oxygen atoms in total. The number of hydrogen-bond acceptors (Lipinski definition) is 2. The third-order valence-electron chi connectivity index (χ3n) is 3.62. The molecule has 110 valence electrons. The molecule has 0 spiro atoms. The average Bonchev–Trinajstić information content (AvgIpc) is 2.37. The Hall–Kier alpha value is -0.970. The zero-order valence-electron chi connectivity index (χ0n) is 11.4. The van der Waals surface area contributed by atoms with E-state index in [-0.39, 0.29) is 12.1 Å². The number of piperidine rings is 1. The fraction of sp³-hybridized carbons (Fsp3) is 0.500. The molecule has 2 rings (SSSR count). The van der Waals surface area contributed by atoms with Gasteiger partial charge in [0.25, 0.3) is 0 Å². The quantitative estimate of drug-likeness (QED) is 0.876. The number of halogens is 2. The van der Waals surface area contributed by atoms with Crippen molar-refractivity contribution in [1.82, 2.24) is 4.90 Å². The van der Waals surface area contributed by atoms with Crippen molar-refractivity contribution in [2.75, 3.05) is 18.4 Å². The Morgan fingerprint density at radius 2 is 2.05 bits per heavy atom. The van der Waals surface area contributed by atoms with Crippen molar-refractivity contribution in [2.45, 2.75) is 25.8 Å². The summed E-state index contributed by atoms with van der Waals surface area (Å²) in [5.41, 5.74) is 6.37. The summed E-state index contributed by atoms with van der Waals surface area (Å²) in [6.45, 7) is 3.39. The molecule has 1 saturated heterocycles. The van der Waals surface area contributed by atoms with Gasteiger partial charge in [-0.3, -0.25) is 0 Å². The topological polar surface area (TPSA) is 58.4 Å². The molecule has 1 aromatic carbocycles. The van der Waals surface area contributed by atoms with E-state index in [9.17, 15) is 4.79 Å². The first-order valence-electron chi connectivity index (χ1n) is 6.73. The van der Waals surface area contributed by atoms with Crippen molar-refractivity contribution in [3.8, 4) is 0 Å². The van der Waals surface area contributed by atoms with Gasteiger partial charge in [-0.25, -0.2) is 4.79 Å². The maximum Gasteiger partial charge on any atom is 0.322 e. The highest BCUT2D eigenvalue weighted by molar-refractivity contribution is 6.35. The zero-order valence-corrected chi connectivity index (χ0v) is 12.9. The number of benzene rings is 1. The number of amides is 2. The van der Waals surface area contributed by atoms with Crippen LogP contribution in [0.3, 0.4) is 0 Å². The summed E-state index contributed by atoms with van der Waals surface area (Å²) in [5.74, 6) is 0.605. The van der Waals surface area contributed by atoms with Crippen LogP contribution in [0.15, 0.2) is 18.2 Å². The van der Waals surface area contributed by atoms with Crippen molar-refractivity contribution in [3.63, 3.8) is 0 Å². The van der Waals surface area contributed by atoms with Gasteiger partial charge in [-0.2, -0.15) is 0 Å². The zero-order chi connectivity index (χ0) is 14.7. The van der Waals surface area contributed by atoms with Crippen LogP contribution in [0.5, 0.6) is 0 Å². The predicted octanol–water partition coefficient (Wildman–Crippen LogP) is 3.58. The SMILES string of the molecule is CC1CCN(C(=O)Nc2cc(Cl)cc(Cl)c2)C(CN)C1. The first kappa shape index (κ1) is 15.4. The molecule has 20 heavy (non-hydrogen) atoms. The van der Waals surface area contributed by atoms with Crippen LogP contribution in [-0.4, -0.2) is 30.1 Å². The number of urea groups is 1. The third kappa shape index (κ3) is 3.78. The highest BCUT2D eigenvalue weighted by atomic mass is 35.5. The summed E-state index contributed by atoms with van der Waals surface area (Å²) in [4.78, 5) is 14.1. The van der Waals surface area contributed by atoms with E-state index in [0.717, 1.165) is 19.4 Å². The van der Waals surface area contributed by atoms with E-state index in [0.29, 0.717) is 28.2 Å². The van der Waals surface area contributed by atoms with Gasteiger partial charge >= 0.3 is 6.03 Å². The highest BCUT2D eigenvalue weighted by Crippen LogP contribution is 2.25. The number of rotatable bonds is 2. The van der Waals surface area contributed by atoms with Crippen LogP contribution in [0.4, 0.5) is 10.5 Å². The molecule has 0 aliphatic carbocycles. The Labute approximate surface area is 129 Å². The molecule has 1 fully saturated rings. The van der Waals surface area contributed by atoms with Crippen molar-refractivity contribution >= 4 is 34.9 Å². The second-order valence-electron chi connectivity index (χ2n) is 5.30. The summed E-state index contributed by atoms with van der Waals surface area (Å²) < 4.78 is 0. The molecule has 2 atom stereocenters. The normalized spacial score (nSPS) is 22.7. The molecule has 3 N–H and O–H groups in total. The summed E-state index contributed by atoms with van der Waals surface area (Å²) in [6.07, 6.45) is 1.94. The number of likely N-dealkylation sites (tertiary alicyclic amines) is 1. The van der Waals surface area contributed by atoms with Crippen LogP contribution < -0.4 is 11.1 Å². The summed E-state index contributed by atoms with van der Waals surface area (Å²) >= 11 is 11.9. The molecule has 1 aliphatic rings. The van der Waals surface area contributed by atoms with Crippen LogP contribution in [0.2, 0.25) is 10.0 Å². The van der Waals surface area contributed by atoms with Crippen molar-refractivity contribution in [2.24, 2.45) is 11.7 Å². The van der Waals surface area contributed by atoms with Crippen LogP contribution in [-0.2, 0) is 0 Å². The molecule has 0 saturated carbocycles. The van der Waals surface area contributed by atoms with E-state index in [4.69, 9.17) is 28.9 Å². The molecule has 0 aromatic heterocycles. The lowest BCUT2D eigenvalue weighted by molar-refractivity contribution is 0.145. The smallest absolute Gasteiger partial charge is 0.322 e. The highest BCUT2D eigenvalue weighted by Gasteiger charge is 2.28. The number of nitrogens with zero attached hydrogens (tertiary/aromatic N) is 1. The molecule has 0 bridgehead atoms. The van der Waals surface area contributed by atoms with Gasteiger partial charge in [0.2, 0.25) is 0 Å². The number of hydrogen-bond donors (Lipinski definition) is 2. The summed E-state index contributed by atoms with van der Waals surface area (Å²) in [5, 5.41) is 3.83. The number of nitrogens with two attached hydrogens (primary N) is 1. The minimum Gasteiger partial charge on any atom is -0.328 e. The molecule has 2 unspecified atom stereocenters. The summed E-state index contributed by atoms with van der Waals surface area (Å²) in [6, 6.07) is 4.92. The van der Waals surface area contributed by atoms with Gasteiger partial charge in [0.15, 0.2) is 0 Å². The fourth-order valence-corrected chi connectivity index (χ4v) is 3.09. The van der Waals surface area contributed by atoms with E-state index in [1.54, 1.807) is 23.1 Å². The first-order valence-corrected chi connectivity index (χ1v) is 7.49. The fourth-order valence-electron chi connectivity index (χ4n) is 2.56. The lowest BCUT2D eigenvalue weighted by Gasteiger charge is -2.37. The van der Waals surface area contributed by atoms with E-state index >= 15 is 0 Å². The standard InChI is InChI=1S/C14H19Cl2N3O/c1-9-2-3-19(13(4-9)8-17)14(20)18-12-6-10(15)5-11(16)7-12/h5-7,9,13H,2-4,8,17H2,1H3,(H,18,20). The number of nitrogens with one attached hydrogen (secondary N) is 1.